The summed E-state index contributed by atoms with van der Waals surface area (Å²) in [6.45, 7) is 4.70. The van der Waals surface area contributed by atoms with Crippen molar-refractivity contribution in [3.8, 4) is 0 Å². The molecule has 0 radical (unpaired) electrons. The van der Waals surface area contributed by atoms with Gasteiger partial charge in [0.05, 0.1) is 40.3 Å². The van der Waals surface area contributed by atoms with E-state index in [0.29, 0.717) is 12.8 Å². The summed E-state index contributed by atoms with van der Waals surface area (Å²) in [7, 11) is 5.43. The summed E-state index contributed by atoms with van der Waals surface area (Å²) in [5.41, 5.74) is 0. The highest BCUT2D eigenvalue weighted by atomic mass is 16.6. The van der Waals surface area contributed by atoms with E-state index in [9.17, 15) is 19.5 Å². The summed E-state index contributed by atoms with van der Waals surface area (Å²) in [5, 5.41) is 11.7. The fraction of sp³-hybridized carbons (Fsp3) is 0.875. The van der Waals surface area contributed by atoms with Crippen LogP contribution < -0.4 is 5.11 Å². The van der Waals surface area contributed by atoms with Gasteiger partial charge in [0, 0.05) is 19.3 Å². The maximum atomic E-state index is 12.8. The highest BCUT2D eigenvalue weighted by molar-refractivity contribution is 5.70. The molecule has 64 heavy (non-hydrogen) atoms. The van der Waals surface area contributed by atoms with Crippen LogP contribution in [0.4, 0.5) is 0 Å². The van der Waals surface area contributed by atoms with Crippen molar-refractivity contribution in [1.82, 2.24) is 0 Å². The van der Waals surface area contributed by atoms with Gasteiger partial charge in [-0.25, -0.2) is 0 Å². The van der Waals surface area contributed by atoms with E-state index in [0.717, 1.165) is 51.4 Å². The van der Waals surface area contributed by atoms with Gasteiger partial charge in [-0.2, -0.15) is 0 Å². The number of hydrogen-bond donors (Lipinski definition) is 0. The van der Waals surface area contributed by atoms with Gasteiger partial charge in [-0.3, -0.25) is 9.59 Å². The van der Waals surface area contributed by atoms with E-state index in [1.807, 2.05) is 21.1 Å². The van der Waals surface area contributed by atoms with Crippen molar-refractivity contribution < 1.29 is 38.2 Å². The molecule has 0 aliphatic rings. The molecule has 0 aliphatic carbocycles. The lowest BCUT2D eigenvalue weighted by atomic mass is 10.0. The summed E-state index contributed by atoms with van der Waals surface area (Å²) >= 11 is 0. The van der Waals surface area contributed by atoms with Gasteiger partial charge >= 0.3 is 11.9 Å². The molecule has 2 atom stereocenters. The molecule has 0 saturated heterocycles. The third-order valence-corrected chi connectivity index (χ3v) is 12.6. The normalized spacial score (nSPS) is 13.0. The van der Waals surface area contributed by atoms with Crippen LogP contribution in [0.25, 0.3) is 0 Å². The van der Waals surface area contributed by atoms with Gasteiger partial charge in [0.25, 0.3) is 0 Å². The standard InChI is InChI=1S/C56H105NO7/c1-6-8-10-12-14-16-18-20-22-24-26-27-28-29-31-32-34-36-38-40-42-44-46-54(58)63-51-52(50-62-49-48-53(56(60)61)57(3,4)5)64-55(59)47-45-43-41-39-37-35-33-30-25-23-21-19-17-15-13-11-9-7-2/h24,26,28-29,52-53H,6-23,25,27,30-51H2,1-5H3/b26-24+,29-28+. The van der Waals surface area contributed by atoms with Crippen LogP contribution in [-0.2, 0) is 28.6 Å². The number of likely N-dealkylation sites (N-methyl/N-ethyl adjacent to an activating group) is 1. The third-order valence-electron chi connectivity index (χ3n) is 12.6. The Morgan fingerprint density at radius 1 is 0.469 bits per heavy atom. The molecular weight excluding hydrogens is 799 g/mol. The number of allylic oxidation sites excluding steroid dienone is 4. The Kier molecular flexibility index (Phi) is 45.7. The molecule has 0 heterocycles. The Labute approximate surface area is 396 Å². The molecule has 0 aromatic carbocycles. The number of nitrogens with zero attached hydrogens (tertiary/aromatic N) is 1. The molecular formula is C56H105NO7. The van der Waals surface area contributed by atoms with Crippen LogP contribution in [0.15, 0.2) is 24.3 Å². The lowest BCUT2D eigenvalue weighted by molar-refractivity contribution is -0.889. The van der Waals surface area contributed by atoms with Crippen LogP contribution in [0.5, 0.6) is 0 Å². The molecule has 2 unspecified atom stereocenters. The van der Waals surface area contributed by atoms with E-state index in [1.165, 1.54) is 180 Å². The zero-order chi connectivity index (χ0) is 47.0. The lowest BCUT2D eigenvalue weighted by Gasteiger charge is -2.34. The Morgan fingerprint density at radius 2 is 0.828 bits per heavy atom. The minimum Gasteiger partial charge on any atom is -0.544 e. The fourth-order valence-corrected chi connectivity index (χ4v) is 8.34. The van der Waals surface area contributed by atoms with Crippen molar-refractivity contribution in [3.05, 3.63) is 24.3 Å². The highest BCUT2D eigenvalue weighted by Crippen LogP contribution is 2.16. The Bertz CT molecular complexity index is 1100. The minimum atomic E-state index is -1.12. The van der Waals surface area contributed by atoms with E-state index >= 15 is 0 Å². The van der Waals surface area contributed by atoms with Gasteiger partial charge in [-0.15, -0.1) is 0 Å². The first-order chi connectivity index (χ1) is 31.1. The van der Waals surface area contributed by atoms with Crippen LogP contribution in [-0.4, -0.2) is 75.5 Å². The second-order valence-corrected chi connectivity index (χ2v) is 19.8. The van der Waals surface area contributed by atoms with Gasteiger partial charge in [-0.1, -0.05) is 224 Å². The van der Waals surface area contributed by atoms with Gasteiger partial charge in [0.15, 0.2) is 6.10 Å². The summed E-state index contributed by atoms with van der Waals surface area (Å²) in [6, 6.07) is -0.725. The summed E-state index contributed by atoms with van der Waals surface area (Å²) in [5.74, 6) is -1.72. The number of ether oxygens (including phenoxy) is 3. The van der Waals surface area contributed by atoms with Crippen molar-refractivity contribution in [2.24, 2.45) is 0 Å². The van der Waals surface area contributed by atoms with Crippen LogP contribution in [0, 0.1) is 0 Å². The Morgan fingerprint density at radius 3 is 1.20 bits per heavy atom. The van der Waals surface area contributed by atoms with Crippen molar-refractivity contribution in [2.75, 3.05) is 41.0 Å². The van der Waals surface area contributed by atoms with Crippen LogP contribution in [0.2, 0.25) is 0 Å². The smallest absolute Gasteiger partial charge is 0.306 e. The average molecular weight is 904 g/mol. The first kappa shape index (κ1) is 61.8. The predicted octanol–water partition coefficient (Wildman–Crippen LogP) is 14.6. The number of carboxylic acids is 1. The van der Waals surface area contributed by atoms with Gasteiger partial charge in [0.1, 0.15) is 12.6 Å². The monoisotopic (exact) mass is 904 g/mol. The predicted molar refractivity (Wildman–Crippen MR) is 268 cm³/mol. The van der Waals surface area contributed by atoms with Gasteiger partial charge in [0.2, 0.25) is 0 Å². The van der Waals surface area contributed by atoms with Gasteiger partial charge in [-0.05, 0) is 44.9 Å². The molecule has 0 N–H and O–H groups in total. The number of aliphatic carboxylic acids is 1. The summed E-state index contributed by atoms with van der Waals surface area (Å²) < 4.78 is 17.3. The number of carbonyl (C=O) groups is 3. The van der Waals surface area contributed by atoms with Crippen LogP contribution in [0.3, 0.4) is 0 Å². The van der Waals surface area contributed by atoms with E-state index in [2.05, 4.69) is 38.2 Å². The molecule has 0 fully saturated rings. The molecule has 8 heteroatoms. The highest BCUT2D eigenvalue weighted by Gasteiger charge is 2.25. The zero-order valence-corrected chi connectivity index (χ0v) is 43.0. The van der Waals surface area contributed by atoms with Gasteiger partial charge < -0.3 is 28.6 Å². The van der Waals surface area contributed by atoms with Crippen molar-refractivity contribution in [3.63, 3.8) is 0 Å². The summed E-state index contributed by atoms with van der Waals surface area (Å²) in [6.07, 6.45) is 55.0. The largest absolute Gasteiger partial charge is 0.544 e. The third kappa shape index (κ3) is 45.0. The van der Waals surface area contributed by atoms with E-state index in [4.69, 9.17) is 14.2 Å². The number of esters is 2. The molecule has 0 amide bonds. The molecule has 8 nitrogen and oxygen atoms in total. The Balaban J connectivity index is 4.19. The number of unbranched alkanes of at least 4 members (excludes halogenated alkanes) is 32. The lowest BCUT2D eigenvalue weighted by Crippen LogP contribution is -2.55. The number of quaternary nitrogens is 1. The zero-order valence-electron chi connectivity index (χ0n) is 43.0. The SMILES string of the molecule is CCCCCCCCCC/C=C/C/C=C/CCCCCCCCCC(=O)OCC(COCCC(C(=O)[O-])[N+](C)(C)C)OC(=O)CCCCCCCCCCCCCCCCCCCC. The first-order valence-electron chi connectivity index (χ1n) is 27.4. The van der Waals surface area contributed by atoms with Crippen molar-refractivity contribution >= 4 is 17.9 Å². The second-order valence-electron chi connectivity index (χ2n) is 19.8. The Hall–Kier alpha value is -2.19. The maximum Gasteiger partial charge on any atom is 0.306 e. The molecule has 0 aromatic rings. The number of carboxylic acid groups (broad SMARTS) is 1. The van der Waals surface area contributed by atoms with E-state index in [-0.39, 0.29) is 42.7 Å². The van der Waals surface area contributed by atoms with Crippen LogP contribution >= 0.6 is 0 Å². The topological polar surface area (TPSA) is 102 Å². The molecule has 0 saturated carbocycles. The first-order valence-corrected chi connectivity index (χ1v) is 27.4. The molecule has 0 spiro atoms. The van der Waals surface area contributed by atoms with E-state index in [1.54, 1.807) is 0 Å². The van der Waals surface area contributed by atoms with Crippen molar-refractivity contribution in [1.29, 1.82) is 0 Å². The minimum absolute atomic E-state index is 0.0430. The average Bonchev–Trinajstić information content (AvgIpc) is 3.26. The number of rotatable bonds is 50. The molecule has 0 rings (SSSR count). The molecule has 0 bridgehead atoms. The number of hydrogen-bond acceptors (Lipinski definition) is 7. The fourth-order valence-electron chi connectivity index (χ4n) is 8.34. The quantitative estimate of drug-likeness (QED) is 0.0259. The van der Waals surface area contributed by atoms with Crippen molar-refractivity contribution in [2.45, 2.75) is 276 Å². The molecule has 0 aliphatic heterocycles. The second kappa shape index (κ2) is 47.3. The van der Waals surface area contributed by atoms with E-state index < -0.39 is 18.1 Å². The summed E-state index contributed by atoms with van der Waals surface area (Å²) in [4.78, 5) is 37.1. The molecule has 0 aromatic heterocycles. The van der Waals surface area contributed by atoms with Crippen LogP contribution in [0.1, 0.15) is 264 Å². The maximum absolute atomic E-state index is 12.8. The molecule has 376 valence electrons. The number of carbonyl (C=O) groups excluding carboxylic acids is 3.